The van der Waals surface area contributed by atoms with E-state index in [1.807, 2.05) is 0 Å². The van der Waals surface area contributed by atoms with Gasteiger partial charge in [0.15, 0.2) is 8.32 Å². The van der Waals surface area contributed by atoms with E-state index < -0.39 is 8.32 Å². The van der Waals surface area contributed by atoms with Crippen LogP contribution < -0.4 is 0 Å². The van der Waals surface area contributed by atoms with Gasteiger partial charge in [-0.1, -0.05) is 48.0 Å². The zero-order valence-corrected chi connectivity index (χ0v) is 17.7. The van der Waals surface area contributed by atoms with Crippen LogP contribution in [-0.2, 0) is 9.16 Å². The van der Waals surface area contributed by atoms with Gasteiger partial charge in [0, 0.05) is 6.61 Å². The van der Waals surface area contributed by atoms with Gasteiger partial charge in [0.2, 0.25) is 0 Å². The Morgan fingerprint density at radius 3 is 2.39 bits per heavy atom. The van der Waals surface area contributed by atoms with Gasteiger partial charge in [-0.05, 0) is 49.2 Å². The molecule has 0 saturated carbocycles. The van der Waals surface area contributed by atoms with Crippen LogP contribution >= 0.6 is 0 Å². The number of ether oxygens (including phenoxy) is 1. The Hall–Kier alpha value is 0.0969. The van der Waals surface area contributed by atoms with E-state index in [2.05, 4.69) is 54.6 Å². The lowest BCUT2D eigenvalue weighted by atomic mass is 9.84. The zero-order valence-electron chi connectivity index (χ0n) is 16.7. The smallest absolute Gasteiger partial charge is 0.192 e. The van der Waals surface area contributed by atoms with Gasteiger partial charge in [-0.3, -0.25) is 0 Å². The maximum absolute atomic E-state index is 9.35. The van der Waals surface area contributed by atoms with Gasteiger partial charge in [0.1, 0.15) is 0 Å². The molecule has 1 N–H and O–H groups in total. The Bertz CT molecular complexity index is 351. The van der Waals surface area contributed by atoms with Crippen molar-refractivity contribution in [2.75, 3.05) is 6.61 Å². The molecule has 0 aliphatic carbocycles. The van der Waals surface area contributed by atoms with Crippen LogP contribution in [0.15, 0.2) is 0 Å². The molecule has 5 atom stereocenters. The molecule has 0 aromatic rings. The second kappa shape index (κ2) is 8.46. The maximum Gasteiger partial charge on any atom is 0.192 e. The molecule has 1 saturated heterocycles. The quantitative estimate of drug-likeness (QED) is 0.661. The predicted octanol–water partition coefficient (Wildman–Crippen LogP) is 4.99. The Morgan fingerprint density at radius 1 is 1.30 bits per heavy atom. The van der Waals surface area contributed by atoms with Crippen LogP contribution in [0.25, 0.3) is 0 Å². The molecular weight excluding hydrogens is 304 g/mol. The topological polar surface area (TPSA) is 38.7 Å². The molecule has 0 aromatic carbocycles. The minimum Gasteiger partial charge on any atom is -0.411 e. The molecule has 1 fully saturated rings. The molecule has 138 valence electrons. The lowest BCUT2D eigenvalue weighted by molar-refractivity contribution is -0.158. The lowest BCUT2D eigenvalue weighted by Crippen LogP contribution is -2.53. The van der Waals surface area contributed by atoms with Crippen molar-refractivity contribution in [2.45, 2.75) is 104 Å². The third kappa shape index (κ3) is 5.55. The van der Waals surface area contributed by atoms with Crippen molar-refractivity contribution in [3.8, 4) is 0 Å². The number of hydrogen-bond donors (Lipinski definition) is 1. The van der Waals surface area contributed by atoms with Gasteiger partial charge in [-0.25, -0.2) is 0 Å². The van der Waals surface area contributed by atoms with Gasteiger partial charge >= 0.3 is 0 Å². The maximum atomic E-state index is 9.35. The summed E-state index contributed by atoms with van der Waals surface area (Å²) in [5, 5.41) is 9.56. The monoisotopic (exact) mass is 344 g/mol. The fraction of sp³-hybridized carbons (Fsp3) is 1.00. The van der Waals surface area contributed by atoms with Crippen molar-refractivity contribution in [1.82, 2.24) is 0 Å². The molecule has 4 heteroatoms. The lowest BCUT2D eigenvalue weighted by Gasteiger charge is -2.48. The summed E-state index contributed by atoms with van der Waals surface area (Å²) in [5.74, 6) is 0.879. The largest absolute Gasteiger partial charge is 0.411 e. The molecule has 3 nitrogen and oxygen atoms in total. The first-order valence-electron chi connectivity index (χ1n) is 9.47. The van der Waals surface area contributed by atoms with Crippen LogP contribution in [0, 0.1) is 11.8 Å². The fourth-order valence-electron chi connectivity index (χ4n) is 3.25. The van der Waals surface area contributed by atoms with Crippen molar-refractivity contribution in [1.29, 1.82) is 0 Å². The van der Waals surface area contributed by atoms with E-state index in [1.54, 1.807) is 0 Å². The molecule has 0 amide bonds. The van der Waals surface area contributed by atoms with Gasteiger partial charge in [0.25, 0.3) is 0 Å². The van der Waals surface area contributed by atoms with Gasteiger partial charge in [-0.2, -0.15) is 0 Å². The highest BCUT2D eigenvalue weighted by atomic mass is 28.4. The Balaban J connectivity index is 2.92. The van der Waals surface area contributed by atoms with Gasteiger partial charge < -0.3 is 14.3 Å². The standard InChI is InChI=1S/C19H40O3Si/c1-9-10-16-15(3)13-17(18(21-16)14(2)11-12-20)22-23(7,8)19(4,5)6/h14-18,20H,9-13H2,1-8H3/t14-,15+,16+,17-,18-/m0/s1. The summed E-state index contributed by atoms with van der Waals surface area (Å²) in [6.07, 6.45) is 4.77. The number of hydrogen-bond acceptors (Lipinski definition) is 3. The van der Waals surface area contributed by atoms with Crippen LogP contribution in [0.5, 0.6) is 0 Å². The third-order valence-corrected chi connectivity index (χ3v) is 10.4. The minimum absolute atomic E-state index is 0.115. The Morgan fingerprint density at radius 2 is 1.91 bits per heavy atom. The van der Waals surface area contributed by atoms with Gasteiger partial charge in [-0.15, -0.1) is 0 Å². The molecule has 1 aliphatic rings. The van der Waals surface area contributed by atoms with E-state index in [1.165, 1.54) is 0 Å². The normalized spacial score (nSPS) is 31.2. The van der Waals surface area contributed by atoms with E-state index in [-0.39, 0.29) is 23.9 Å². The first kappa shape index (κ1) is 21.1. The fourth-order valence-corrected chi connectivity index (χ4v) is 4.59. The minimum atomic E-state index is -1.82. The average molecular weight is 345 g/mol. The van der Waals surface area contributed by atoms with Crippen LogP contribution in [0.4, 0.5) is 0 Å². The summed E-state index contributed by atoms with van der Waals surface area (Å²) in [4.78, 5) is 0. The van der Waals surface area contributed by atoms with E-state index in [0.717, 1.165) is 25.7 Å². The molecule has 1 heterocycles. The van der Waals surface area contributed by atoms with Crippen molar-refractivity contribution >= 4 is 8.32 Å². The zero-order chi connectivity index (χ0) is 17.8. The van der Waals surface area contributed by atoms with Crippen molar-refractivity contribution in [2.24, 2.45) is 11.8 Å². The summed E-state index contributed by atoms with van der Waals surface area (Å²) >= 11 is 0. The van der Waals surface area contributed by atoms with Crippen molar-refractivity contribution in [3.63, 3.8) is 0 Å². The van der Waals surface area contributed by atoms with Crippen molar-refractivity contribution < 1.29 is 14.3 Å². The molecule has 1 aliphatic heterocycles. The number of aliphatic hydroxyl groups excluding tert-OH is 1. The van der Waals surface area contributed by atoms with E-state index in [4.69, 9.17) is 9.16 Å². The van der Waals surface area contributed by atoms with Crippen LogP contribution in [0.1, 0.15) is 67.2 Å². The molecule has 23 heavy (non-hydrogen) atoms. The SMILES string of the molecule is CCC[C@H]1O[C@@H]([C@@H](C)CCO)[C@@H](O[Si](C)(C)C(C)(C)C)C[C@H]1C. The second-order valence-corrected chi connectivity index (χ2v) is 13.8. The summed E-state index contributed by atoms with van der Waals surface area (Å²) < 4.78 is 13.3. The highest BCUT2D eigenvalue weighted by molar-refractivity contribution is 6.74. The first-order chi connectivity index (χ1) is 10.5. The predicted molar refractivity (Wildman–Crippen MR) is 100 cm³/mol. The molecule has 0 radical (unpaired) electrons. The van der Waals surface area contributed by atoms with E-state index in [0.29, 0.717) is 17.9 Å². The van der Waals surface area contributed by atoms with Crippen LogP contribution in [0.3, 0.4) is 0 Å². The molecule has 0 aromatic heterocycles. The summed E-state index contributed by atoms with van der Waals surface area (Å²) in [7, 11) is -1.82. The second-order valence-electron chi connectivity index (χ2n) is 9.05. The Labute approximate surface area is 145 Å². The third-order valence-electron chi connectivity index (χ3n) is 5.91. The Kier molecular flexibility index (Phi) is 7.78. The van der Waals surface area contributed by atoms with Crippen molar-refractivity contribution in [3.05, 3.63) is 0 Å². The summed E-state index contributed by atoms with van der Waals surface area (Å²) in [6.45, 7) is 18.5. The molecule has 1 rings (SSSR count). The van der Waals surface area contributed by atoms with Gasteiger partial charge in [0.05, 0.1) is 18.3 Å². The van der Waals surface area contributed by atoms with Crippen LogP contribution in [0.2, 0.25) is 18.1 Å². The molecule has 0 unspecified atom stereocenters. The number of aliphatic hydroxyl groups is 1. The average Bonchev–Trinajstić information content (AvgIpc) is 2.40. The molecular formula is C19H40O3Si. The number of rotatable bonds is 7. The highest BCUT2D eigenvalue weighted by Crippen LogP contribution is 2.41. The van der Waals surface area contributed by atoms with E-state index >= 15 is 0 Å². The first-order valence-corrected chi connectivity index (χ1v) is 12.4. The summed E-state index contributed by atoms with van der Waals surface area (Å²) in [6, 6.07) is 0. The van der Waals surface area contributed by atoms with Crippen LogP contribution in [-0.4, -0.2) is 38.3 Å². The molecule has 0 bridgehead atoms. The highest BCUT2D eigenvalue weighted by Gasteiger charge is 2.45. The summed E-state index contributed by atoms with van der Waals surface area (Å²) in [5.41, 5.74) is 0. The molecule has 0 spiro atoms. The van der Waals surface area contributed by atoms with E-state index in [9.17, 15) is 5.11 Å².